The molecule has 4 atom stereocenters. The first-order chi connectivity index (χ1) is 7.61. The number of ketones is 3. The minimum absolute atomic E-state index is 0.214. The zero-order chi connectivity index (χ0) is 11.9. The van der Waals surface area contributed by atoms with Crippen molar-refractivity contribution in [1.29, 1.82) is 0 Å². The van der Waals surface area contributed by atoms with Crippen LogP contribution < -0.4 is 0 Å². The summed E-state index contributed by atoms with van der Waals surface area (Å²) in [7, 11) is 3.01. The van der Waals surface area contributed by atoms with Gasteiger partial charge in [0.2, 0.25) is 11.6 Å². The Morgan fingerprint density at radius 1 is 1.00 bits per heavy atom. The van der Waals surface area contributed by atoms with Crippen molar-refractivity contribution in [3.05, 3.63) is 0 Å². The van der Waals surface area contributed by atoms with Gasteiger partial charge in [0.05, 0.1) is 18.1 Å². The molecule has 5 heteroatoms. The topological polar surface area (TPSA) is 69.7 Å². The lowest BCUT2D eigenvalue weighted by atomic mass is 9.77. The van der Waals surface area contributed by atoms with Crippen molar-refractivity contribution >= 4 is 17.3 Å². The van der Waals surface area contributed by atoms with Crippen LogP contribution in [0.25, 0.3) is 0 Å². The van der Waals surface area contributed by atoms with Crippen LogP contribution in [0.4, 0.5) is 0 Å². The van der Waals surface area contributed by atoms with Crippen molar-refractivity contribution in [3.8, 4) is 0 Å². The first kappa shape index (κ1) is 11.4. The summed E-state index contributed by atoms with van der Waals surface area (Å²) in [5.41, 5.74) is 0. The normalized spacial score (nSPS) is 39.0. The fourth-order valence-electron chi connectivity index (χ4n) is 2.77. The molecule has 0 N–H and O–H groups in total. The number of ether oxygens (including phenoxy) is 2. The Labute approximate surface area is 93.1 Å². The van der Waals surface area contributed by atoms with Crippen molar-refractivity contribution in [2.45, 2.75) is 25.0 Å². The number of rotatable bonds is 2. The summed E-state index contributed by atoms with van der Waals surface area (Å²) in [5, 5.41) is 0. The van der Waals surface area contributed by atoms with Gasteiger partial charge in [0.25, 0.3) is 5.78 Å². The van der Waals surface area contributed by atoms with Gasteiger partial charge in [0, 0.05) is 20.1 Å². The Morgan fingerprint density at radius 3 is 2.25 bits per heavy atom. The van der Waals surface area contributed by atoms with Gasteiger partial charge >= 0.3 is 0 Å². The molecule has 88 valence electrons. The molecule has 0 aromatic heterocycles. The monoisotopic (exact) mass is 226 g/mol. The van der Waals surface area contributed by atoms with E-state index in [9.17, 15) is 14.4 Å². The Morgan fingerprint density at radius 2 is 1.69 bits per heavy atom. The first-order valence-corrected chi connectivity index (χ1v) is 5.29. The van der Waals surface area contributed by atoms with Crippen LogP contribution in [0.3, 0.4) is 0 Å². The van der Waals surface area contributed by atoms with E-state index in [-0.39, 0.29) is 6.10 Å². The molecule has 0 heterocycles. The Bertz CT molecular complexity index is 348. The van der Waals surface area contributed by atoms with Gasteiger partial charge in [0.1, 0.15) is 0 Å². The summed E-state index contributed by atoms with van der Waals surface area (Å²) in [6.07, 6.45) is 0.475. The van der Waals surface area contributed by atoms with Crippen LogP contribution in [0.5, 0.6) is 0 Å². The third-order valence-electron chi connectivity index (χ3n) is 3.58. The van der Waals surface area contributed by atoms with Gasteiger partial charge in [-0.25, -0.2) is 0 Å². The molecule has 0 bridgehead atoms. The molecule has 0 spiro atoms. The van der Waals surface area contributed by atoms with E-state index in [0.29, 0.717) is 12.8 Å². The van der Waals surface area contributed by atoms with Crippen molar-refractivity contribution in [3.63, 3.8) is 0 Å². The van der Waals surface area contributed by atoms with E-state index < -0.39 is 35.3 Å². The third kappa shape index (κ3) is 1.43. The predicted octanol–water partition coefficient (Wildman–Crippen LogP) is -0.237. The van der Waals surface area contributed by atoms with E-state index in [2.05, 4.69) is 0 Å². The number of carbonyl (C=O) groups excluding carboxylic acids is 3. The van der Waals surface area contributed by atoms with Gasteiger partial charge in [-0.2, -0.15) is 0 Å². The van der Waals surface area contributed by atoms with Crippen molar-refractivity contribution < 1.29 is 23.9 Å². The van der Waals surface area contributed by atoms with E-state index >= 15 is 0 Å². The highest BCUT2D eigenvalue weighted by Crippen LogP contribution is 2.39. The third-order valence-corrected chi connectivity index (χ3v) is 3.58. The Kier molecular flexibility index (Phi) is 2.90. The number of Topliss-reactive ketones (excluding diaryl/α,β-unsaturated/α-hetero) is 3. The summed E-state index contributed by atoms with van der Waals surface area (Å²) in [4.78, 5) is 34.5. The van der Waals surface area contributed by atoms with Crippen LogP contribution in [0.1, 0.15) is 12.8 Å². The fraction of sp³-hybridized carbons (Fsp3) is 0.727. The lowest BCUT2D eigenvalue weighted by Gasteiger charge is -2.35. The number of fused-ring (bicyclic) bond motifs is 1. The van der Waals surface area contributed by atoms with Crippen LogP contribution in [0, 0.1) is 11.8 Å². The van der Waals surface area contributed by atoms with Crippen LogP contribution >= 0.6 is 0 Å². The van der Waals surface area contributed by atoms with E-state index in [0.717, 1.165) is 0 Å². The molecular formula is C11H14O5. The molecule has 2 aliphatic rings. The molecule has 0 saturated heterocycles. The van der Waals surface area contributed by atoms with E-state index in [1.165, 1.54) is 7.11 Å². The maximum Gasteiger partial charge on any atom is 0.264 e. The second-order valence-corrected chi connectivity index (χ2v) is 4.24. The summed E-state index contributed by atoms with van der Waals surface area (Å²) in [6, 6.07) is 0. The Balaban J connectivity index is 2.31. The quantitative estimate of drug-likeness (QED) is 0.608. The SMILES string of the molecule is COC1CCC2C(=O)C(=O)C(=O)C2C1OC. The van der Waals surface area contributed by atoms with Gasteiger partial charge in [-0.3, -0.25) is 14.4 Å². The highest BCUT2D eigenvalue weighted by molar-refractivity contribution is 6.68. The highest BCUT2D eigenvalue weighted by atomic mass is 16.5. The van der Waals surface area contributed by atoms with E-state index in [1.54, 1.807) is 7.11 Å². The van der Waals surface area contributed by atoms with Crippen LogP contribution in [0.15, 0.2) is 0 Å². The molecule has 2 rings (SSSR count). The molecule has 5 nitrogen and oxygen atoms in total. The molecule has 0 amide bonds. The average Bonchev–Trinajstić information content (AvgIpc) is 2.53. The lowest BCUT2D eigenvalue weighted by Crippen LogP contribution is -2.46. The van der Waals surface area contributed by atoms with Gasteiger partial charge in [-0.15, -0.1) is 0 Å². The van der Waals surface area contributed by atoms with Gasteiger partial charge < -0.3 is 9.47 Å². The zero-order valence-corrected chi connectivity index (χ0v) is 9.26. The zero-order valence-electron chi connectivity index (χ0n) is 9.26. The molecule has 16 heavy (non-hydrogen) atoms. The number of hydrogen-bond acceptors (Lipinski definition) is 5. The molecule has 0 radical (unpaired) electrons. The second-order valence-electron chi connectivity index (χ2n) is 4.24. The maximum atomic E-state index is 11.7. The second kappa shape index (κ2) is 4.07. The van der Waals surface area contributed by atoms with Crippen molar-refractivity contribution in [2.75, 3.05) is 14.2 Å². The Hall–Kier alpha value is -1.07. The summed E-state index contributed by atoms with van der Waals surface area (Å²) in [6.45, 7) is 0. The summed E-state index contributed by atoms with van der Waals surface area (Å²) < 4.78 is 10.4. The molecule has 0 aromatic carbocycles. The van der Waals surface area contributed by atoms with E-state index in [1.807, 2.05) is 0 Å². The van der Waals surface area contributed by atoms with Gasteiger partial charge in [0.15, 0.2) is 0 Å². The minimum Gasteiger partial charge on any atom is -0.379 e. The van der Waals surface area contributed by atoms with E-state index in [4.69, 9.17) is 9.47 Å². The number of methoxy groups -OCH3 is 2. The molecular weight excluding hydrogens is 212 g/mol. The molecule has 0 aromatic rings. The lowest BCUT2D eigenvalue weighted by molar-refractivity contribution is -0.144. The number of carbonyl (C=O) groups is 3. The van der Waals surface area contributed by atoms with Crippen LogP contribution in [0.2, 0.25) is 0 Å². The van der Waals surface area contributed by atoms with Gasteiger partial charge in [-0.1, -0.05) is 0 Å². The molecule has 0 aliphatic heterocycles. The molecule has 2 saturated carbocycles. The summed E-state index contributed by atoms with van der Waals surface area (Å²) >= 11 is 0. The minimum atomic E-state index is -0.867. The van der Waals surface area contributed by atoms with Crippen molar-refractivity contribution in [1.82, 2.24) is 0 Å². The molecule has 2 aliphatic carbocycles. The van der Waals surface area contributed by atoms with Gasteiger partial charge in [-0.05, 0) is 12.8 Å². The maximum absolute atomic E-state index is 11.7. The standard InChI is InChI=1S/C11H14O5/c1-15-6-4-3-5-7(11(6)16-2)9(13)10(14)8(5)12/h5-7,11H,3-4H2,1-2H3. The number of hydrogen-bond donors (Lipinski definition) is 0. The molecule has 4 unspecified atom stereocenters. The van der Waals surface area contributed by atoms with Crippen LogP contribution in [-0.2, 0) is 23.9 Å². The predicted molar refractivity (Wildman–Crippen MR) is 52.8 cm³/mol. The highest BCUT2D eigenvalue weighted by Gasteiger charge is 2.56. The smallest absolute Gasteiger partial charge is 0.264 e. The van der Waals surface area contributed by atoms with Crippen LogP contribution in [-0.4, -0.2) is 43.8 Å². The van der Waals surface area contributed by atoms with Crippen molar-refractivity contribution in [2.24, 2.45) is 11.8 Å². The first-order valence-electron chi connectivity index (χ1n) is 5.29. The molecule has 2 fully saturated rings. The average molecular weight is 226 g/mol. The fourth-order valence-corrected chi connectivity index (χ4v) is 2.77. The largest absolute Gasteiger partial charge is 0.379 e. The summed E-state index contributed by atoms with van der Waals surface area (Å²) in [5.74, 6) is -3.15.